The fourth-order valence-corrected chi connectivity index (χ4v) is 2.62. The molecule has 0 radical (unpaired) electrons. The number of aliphatic hydroxyl groups is 1. The van der Waals surface area contributed by atoms with Gasteiger partial charge in [-0.15, -0.1) is 0 Å². The Kier molecular flexibility index (Phi) is 4.02. The van der Waals surface area contributed by atoms with E-state index in [1.54, 1.807) is 6.20 Å². The van der Waals surface area contributed by atoms with Crippen LogP contribution in [0.2, 0.25) is 5.15 Å². The van der Waals surface area contributed by atoms with Crippen molar-refractivity contribution >= 4 is 17.3 Å². The van der Waals surface area contributed by atoms with Crippen LogP contribution in [-0.4, -0.2) is 22.7 Å². The lowest BCUT2D eigenvalue weighted by atomic mass is 10.00. The molecule has 2 rings (SSSR count). The highest BCUT2D eigenvalue weighted by Gasteiger charge is 2.26. The molecule has 2 atom stereocenters. The van der Waals surface area contributed by atoms with Gasteiger partial charge in [0.15, 0.2) is 0 Å². The molecule has 0 aliphatic heterocycles. The summed E-state index contributed by atoms with van der Waals surface area (Å²) in [5.74, 6) is 0.581. The molecule has 16 heavy (non-hydrogen) atoms. The number of rotatable bonds is 4. The van der Waals surface area contributed by atoms with E-state index in [1.165, 1.54) is 19.3 Å². The molecule has 1 saturated carbocycles. The summed E-state index contributed by atoms with van der Waals surface area (Å²) in [7, 11) is 0. The molecule has 4 heteroatoms. The van der Waals surface area contributed by atoms with Crippen molar-refractivity contribution in [2.24, 2.45) is 5.92 Å². The van der Waals surface area contributed by atoms with Gasteiger partial charge in [0.25, 0.3) is 0 Å². The Labute approximate surface area is 101 Å². The first-order chi connectivity index (χ1) is 7.79. The van der Waals surface area contributed by atoms with E-state index in [4.69, 9.17) is 16.7 Å². The van der Waals surface area contributed by atoms with Crippen molar-refractivity contribution in [2.45, 2.75) is 31.7 Å². The van der Waals surface area contributed by atoms with Crippen molar-refractivity contribution in [3.05, 3.63) is 23.5 Å². The number of anilines is 1. The maximum atomic E-state index is 9.00. The second-order valence-electron chi connectivity index (χ2n) is 4.32. The van der Waals surface area contributed by atoms with E-state index >= 15 is 0 Å². The molecular weight excluding hydrogens is 224 g/mol. The van der Waals surface area contributed by atoms with Gasteiger partial charge in [-0.25, -0.2) is 4.98 Å². The zero-order valence-electron chi connectivity index (χ0n) is 9.19. The standard InChI is InChI=1S/C12H17ClN2O/c13-12-8-10(4-6-14-12)15-11-3-1-2-9(11)5-7-16/h4,6,8-9,11,16H,1-3,5,7H2,(H,14,15). The van der Waals surface area contributed by atoms with Crippen LogP contribution in [-0.2, 0) is 0 Å². The molecule has 0 bridgehead atoms. The predicted molar refractivity (Wildman–Crippen MR) is 65.7 cm³/mol. The monoisotopic (exact) mass is 240 g/mol. The molecule has 1 aliphatic rings. The summed E-state index contributed by atoms with van der Waals surface area (Å²) in [6.07, 6.45) is 6.21. The van der Waals surface area contributed by atoms with Gasteiger partial charge in [-0.05, 0) is 37.3 Å². The van der Waals surface area contributed by atoms with Gasteiger partial charge in [0.2, 0.25) is 0 Å². The van der Waals surface area contributed by atoms with Crippen LogP contribution in [0, 0.1) is 5.92 Å². The van der Waals surface area contributed by atoms with Crippen molar-refractivity contribution in [3.8, 4) is 0 Å². The highest BCUT2D eigenvalue weighted by Crippen LogP contribution is 2.30. The normalized spacial score (nSPS) is 24.6. The molecule has 2 unspecified atom stereocenters. The Balaban J connectivity index is 1.98. The predicted octanol–water partition coefficient (Wildman–Crippen LogP) is 2.70. The third kappa shape index (κ3) is 2.86. The zero-order chi connectivity index (χ0) is 11.4. The van der Waals surface area contributed by atoms with Crippen LogP contribution >= 0.6 is 11.6 Å². The minimum absolute atomic E-state index is 0.278. The van der Waals surface area contributed by atoms with Crippen LogP contribution in [0.3, 0.4) is 0 Å². The number of halogens is 1. The number of nitrogens with zero attached hydrogens (tertiary/aromatic N) is 1. The van der Waals surface area contributed by atoms with E-state index in [0.29, 0.717) is 17.1 Å². The Morgan fingerprint density at radius 1 is 1.50 bits per heavy atom. The molecule has 1 aromatic rings. The van der Waals surface area contributed by atoms with Crippen LogP contribution < -0.4 is 5.32 Å². The lowest BCUT2D eigenvalue weighted by molar-refractivity contribution is 0.254. The third-order valence-electron chi connectivity index (χ3n) is 3.24. The largest absolute Gasteiger partial charge is 0.396 e. The number of hydrogen-bond acceptors (Lipinski definition) is 3. The van der Waals surface area contributed by atoms with Crippen LogP contribution in [0.5, 0.6) is 0 Å². The first kappa shape index (κ1) is 11.7. The molecule has 0 saturated heterocycles. The van der Waals surface area contributed by atoms with Crippen LogP contribution in [0.15, 0.2) is 18.3 Å². The Morgan fingerprint density at radius 3 is 3.12 bits per heavy atom. The number of hydrogen-bond donors (Lipinski definition) is 2. The molecule has 1 heterocycles. The van der Waals surface area contributed by atoms with Gasteiger partial charge in [-0.3, -0.25) is 0 Å². The molecule has 0 spiro atoms. The molecule has 88 valence electrons. The van der Waals surface area contributed by atoms with Gasteiger partial charge in [0.05, 0.1) is 0 Å². The van der Waals surface area contributed by atoms with E-state index < -0.39 is 0 Å². The van der Waals surface area contributed by atoms with Gasteiger partial charge >= 0.3 is 0 Å². The zero-order valence-corrected chi connectivity index (χ0v) is 9.95. The molecule has 1 aliphatic carbocycles. The van der Waals surface area contributed by atoms with E-state index in [9.17, 15) is 0 Å². The number of pyridine rings is 1. The Morgan fingerprint density at radius 2 is 2.38 bits per heavy atom. The molecule has 0 amide bonds. The average molecular weight is 241 g/mol. The first-order valence-corrected chi connectivity index (χ1v) is 6.16. The number of nitrogens with one attached hydrogen (secondary N) is 1. The van der Waals surface area contributed by atoms with Crippen molar-refractivity contribution in [3.63, 3.8) is 0 Å². The summed E-state index contributed by atoms with van der Waals surface area (Å²) in [4.78, 5) is 3.96. The fourth-order valence-electron chi connectivity index (χ4n) is 2.44. The number of aliphatic hydroxyl groups excluding tert-OH is 1. The van der Waals surface area contributed by atoms with E-state index in [1.807, 2.05) is 12.1 Å². The average Bonchev–Trinajstić information content (AvgIpc) is 2.66. The van der Waals surface area contributed by atoms with Crippen LogP contribution in [0.25, 0.3) is 0 Å². The molecule has 1 fully saturated rings. The van der Waals surface area contributed by atoms with Crippen molar-refractivity contribution in [1.82, 2.24) is 4.98 Å². The van der Waals surface area contributed by atoms with Crippen molar-refractivity contribution in [2.75, 3.05) is 11.9 Å². The minimum atomic E-state index is 0.278. The highest BCUT2D eigenvalue weighted by atomic mass is 35.5. The maximum absolute atomic E-state index is 9.00. The maximum Gasteiger partial charge on any atom is 0.131 e. The molecule has 3 nitrogen and oxygen atoms in total. The summed E-state index contributed by atoms with van der Waals surface area (Å²) in [5.41, 5.74) is 1.02. The Bertz CT molecular complexity index is 346. The van der Waals surface area contributed by atoms with Crippen LogP contribution in [0.4, 0.5) is 5.69 Å². The Hall–Kier alpha value is -0.800. The molecule has 1 aromatic heterocycles. The van der Waals surface area contributed by atoms with Gasteiger partial charge < -0.3 is 10.4 Å². The van der Waals surface area contributed by atoms with Gasteiger partial charge in [-0.2, -0.15) is 0 Å². The van der Waals surface area contributed by atoms with Crippen LogP contribution in [0.1, 0.15) is 25.7 Å². The van der Waals surface area contributed by atoms with Crippen molar-refractivity contribution < 1.29 is 5.11 Å². The first-order valence-electron chi connectivity index (χ1n) is 5.78. The van der Waals surface area contributed by atoms with Gasteiger partial charge in [0.1, 0.15) is 5.15 Å². The molecule has 0 aromatic carbocycles. The molecular formula is C12H17ClN2O. The topological polar surface area (TPSA) is 45.1 Å². The van der Waals surface area contributed by atoms with Gasteiger partial charge in [-0.1, -0.05) is 18.0 Å². The van der Waals surface area contributed by atoms with E-state index in [2.05, 4.69) is 10.3 Å². The lowest BCUT2D eigenvalue weighted by Crippen LogP contribution is -2.24. The van der Waals surface area contributed by atoms with Crippen molar-refractivity contribution in [1.29, 1.82) is 0 Å². The number of aromatic nitrogens is 1. The lowest BCUT2D eigenvalue weighted by Gasteiger charge is -2.21. The quantitative estimate of drug-likeness (QED) is 0.796. The summed E-state index contributed by atoms with van der Waals surface area (Å²) in [6.45, 7) is 0.278. The second kappa shape index (κ2) is 5.51. The minimum Gasteiger partial charge on any atom is -0.396 e. The summed E-state index contributed by atoms with van der Waals surface area (Å²) < 4.78 is 0. The van der Waals surface area contributed by atoms with E-state index in [0.717, 1.165) is 12.1 Å². The third-order valence-corrected chi connectivity index (χ3v) is 3.44. The highest BCUT2D eigenvalue weighted by molar-refractivity contribution is 6.29. The van der Waals surface area contributed by atoms with Gasteiger partial charge in [0, 0.05) is 24.5 Å². The summed E-state index contributed by atoms with van der Waals surface area (Å²) in [5, 5.41) is 13.0. The summed E-state index contributed by atoms with van der Waals surface area (Å²) in [6, 6.07) is 4.24. The molecule has 2 N–H and O–H groups in total. The fraction of sp³-hybridized carbons (Fsp3) is 0.583. The van der Waals surface area contributed by atoms with E-state index in [-0.39, 0.29) is 6.61 Å². The summed E-state index contributed by atoms with van der Waals surface area (Å²) >= 11 is 5.84. The smallest absolute Gasteiger partial charge is 0.131 e. The second-order valence-corrected chi connectivity index (χ2v) is 4.71. The SMILES string of the molecule is OCCC1CCCC1Nc1ccnc(Cl)c1.